The van der Waals surface area contributed by atoms with Crippen LogP contribution >= 0.6 is 23.5 Å². The lowest BCUT2D eigenvalue weighted by atomic mass is 9.97. The third-order valence-corrected chi connectivity index (χ3v) is 9.24. The first kappa shape index (κ1) is 31.0. The van der Waals surface area contributed by atoms with Crippen molar-refractivity contribution in [1.29, 1.82) is 0 Å². The molecule has 3 aliphatic rings. The zero-order chi connectivity index (χ0) is 30.8. The van der Waals surface area contributed by atoms with E-state index in [4.69, 9.17) is 9.84 Å². The summed E-state index contributed by atoms with van der Waals surface area (Å²) in [5.74, 6) is -5.47. The van der Waals surface area contributed by atoms with Crippen LogP contribution in [0.4, 0.5) is 0 Å². The average molecular weight is 626 g/mol. The van der Waals surface area contributed by atoms with Gasteiger partial charge in [0.1, 0.15) is 22.4 Å². The van der Waals surface area contributed by atoms with E-state index in [1.807, 2.05) is 0 Å². The summed E-state index contributed by atoms with van der Waals surface area (Å²) in [6.45, 7) is 0. The molecule has 0 aliphatic carbocycles. The molecule has 0 aromatic carbocycles. The van der Waals surface area contributed by atoms with Crippen LogP contribution in [0.3, 0.4) is 0 Å². The van der Waals surface area contributed by atoms with E-state index in [1.54, 1.807) is 7.05 Å². The topological polar surface area (TPSA) is 243 Å². The van der Waals surface area contributed by atoms with Crippen molar-refractivity contribution < 1.29 is 48.8 Å². The number of hydrogen-bond donors (Lipinski definition) is 5. The van der Waals surface area contributed by atoms with Crippen molar-refractivity contribution in [2.45, 2.75) is 54.4 Å². The van der Waals surface area contributed by atoms with E-state index >= 15 is 0 Å². The first-order valence-electron chi connectivity index (χ1n) is 12.5. The molecule has 5 N–H and O–H groups in total. The molecule has 0 spiro atoms. The fourth-order valence-corrected chi connectivity index (χ4v) is 7.12. The minimum absolute atomic E-state index is 0.0391. The number of carboxylic acids is 2. The first-order valence-corrected chi connectivity index (χ1v) is 14.6. The number of nitrogens with one attached hydrogen (secondary N) is 2. The molecule has 0 saturated carbocycles. The summed E-state index contributed by atoms with van der Waals surface area (Å²) in [5, 5.41) is 44.5. The number of thioether (sulfide) groups is 2. The number of carbonyl (C=O) groups is 6. The maximum Gasteiger partial charge on any atom is 0.352 e. The maximum absolute atomic E-state index is 13.2. The third kappa shape index (κ3) is 5.84. The molecule has 226 valence electrons. The highest BCUT2D eigenvalue weighted by Crippen LogP contribution is 2.47. The van der Waals surface area contributed by atoms with Crippen LogP contribution in [0.15, 0.2) is 27.8 Å². The van der Waals surface area contributed by atoms with E-state index in [-0.39, 0.29) is 49.3 Å². The Labute approximate surface area is 246 Å². The Hall–Kier alpha value is -3.97. The van der Waals surface area contributed by atoms with Crippen LogP contribution in [0.25, 0.3) is 0 Å². The highest BCUT2D eigenvalue weighted by molar-refractivity contribution is 8.01. The predicted molar refractivity (Wildman–Crippen MR) is 142 cm³/mol. The summed E-state index contributed by atoms with van der Waals surface area (Å²) in [5.41, 5.74) is -2.02. The number of aliphatic hydroxyl groups is 1. The van der Waals surface area contributed by atoms with E-state index < -0.39 is 63.9 Å². The van der Waals surface area contributed by atoms with Gasteiger partial charge in [0.25, 0.3) is 17.5 Å². The zero-order valence-corrected chi connectivity index (χ0v) is 24.0. The van der Waals surface area contributed by atoms with Gasteiger partial charge in [-0.15, -0.1) is 16.9 Å². The van der Waals surface area contributed by atoms with Gasteiger partial charge in [0.05, 0.1) is 6.04 Å². The van der Waals surface area contributed by atoms with Gasteiger partial charge >= 0.3 is 11.9 Å². The molecule has 3 aliphatic heterocycles. The second kappa shape index (κ2) is 12.5. The molecule has 3 atom stereocenters. The molecule has 0 radical (unpaired) electrons. The largest absolute Gasteiger partial charge is 0.509 e. The van der Waals surface area contributed by atoms with Crippen molar-refractivity contribution in [1.82, 2.24) is 35.7 Å². The molecule has 17 nitrogen and oxygen atoms in total. The number of fused-ring (bicyclic) bond motifs is 1. The number of methoxy groups -OCH3 is 1. The molecule has 0 unspecified atom stereocenters. The number of aryl methyl sites for hydroxylation is 1. The minimum atomic E-state index is -1.82. The van der Waals surface area contributed by atoms with Gasteiger partial charge < -0.3 is 30.7 Å². The quantitative estimate of drug-likeness (QED) is 0.0715. The Morgan fingerprint density at radius 3 is 2.57 bits per heavy atom. The maximum atomic E-state index is 13.2. The van der Waals surface area contributed by atoms with E-state index in [2.05, 4.69) is 26.2 Å². The number of tetrazole rings is 1. The van der Waals surface area contributed by atoms with E-state index in [9.17, 15) is 39.0 Å². The summed E-state index contributed by atoms with van der Waals surface area (Å²) in [4.78, 5) is 74.7. The number of hydrogen-bond acceptors (Lipinski definition) is 13. The van der Waals surface area contributed by atoms with E-state index in [0.717, 1.165) is 4.90 Å². The van der Waals surface area contributed by atoms with Crippen molar-refractivity contribution in [3.05, 3.63) is 22.6 Å². The average Bonchev–Trinajstić information content (AvgIpc) is 3.48. The van der Waals surface area contributed by atoms with Crippen molar-refractivity contribution in [2.24, 2.45) is 7.05 Å². The summed E-state index contributed by atoms with van der Waals surface area (Å²) in [6.07, 6.45) is -0.971. The number of carbonyl (C=O) groups excluding carboxylic acids is 4. The standard InChI is InChI=1S/C23H27N7O10S2/c1-29-22(26-27-28-29)42-9-10-8-41-21-23(40-2,20(39)30(21)16(10)19(37)38)25-13(32)5-3-4-12(31)15-17(35)11(24-18(15)36)6-7-14(33)34/h11,21,35H,3-9H2,1-2H3,(H,24,36)(H,25,32)(H,33,34)(H,37,38)/t11-,21-,23+/m1/s1. The smallest absolute Gasteiger partial charge is 0.352 e. The molecule has 1 fully saturated rings. The second-order valence-electron chi connectivity index (χ2n) is 9.45. The lowest BCUT2D eigenvalue weighted by Crippen LogP contribution is -2.80. The van der Waals surface area contributed by atoms with Crippen LogP contribution in [-0.4, -0.2) is 112 Å². The molecule has 4 rings (SSSR count). The number of β-lactam (4-membered cyclic amide) rings is 1. The van der Waals surface area contributed by atoms with E-state index in [1.165, 1.54) is 35.3 Å². The lowest BCUT2D eigenvalue weighted by molar-refractivity contribution is -0.192. The third-order valence-electron chi connectivity index (χ3n) is 6.77. The Kier molecular flexibility index (Phi) is 9.21. The second-order valence-corrected chi connectivity index (χ2v) is 11.5. The Morgan fingerprint density at radius 1 is 1.21 bits per heavy atom. The SMILES string of the molecule is CO[C@@]1(NC(=O)CCCC(=O)C2=C(O)[C@@H](CCC(=O)O)NC2=O)C(=O)N2C(C(=O)O)=C(CSc3nnnn3C)CS[C@@H]21. The number of carboxylic acid groups (broad SMARTS) is 2. The number of amides is 3. The van der Waals surface area contributed by atoms with Gasteiger partial charge in [-0.05, 0) is 28.8 Å². The number of aliphatic carboxylic acids is 2. The van der Waals surface area contributed by atoms with Crippen molar-refractivity contribution >= 4 is 59.0 Å². The van der Waals surface area contributed by atoms with Crippen molar-refractivity contribution in [2.75, 3.05) is 18.6 Å². The van der Waals surface area contributed by atoms with Gasteiger partial charge in [-0.3, -0.25) is 28.9 Å². The highest BCUT2D eigenvalue weighted by Gasteiger charge is 2.66. The van der Waals surface area contributed by atoms with Crippen LogP contribution in [0.1, 0.15) is 32.1 Å². The molecule has 1 saturated heterocycles. The summed E-state index contributed by atoms with van der Waals surface area (Å²) in [6, 6.07) is -0.981. The molecule has 19 heteroatoms. The number of ether oxygens (including phenoxy) is 1. The number of rotatable bonds is 14. The molecule has 42 heavy (non-hydrogen) atoms. The molecule has 4 heterocycles. The first-order chi connectivity index (χ1) is 19.9. The Morgan fingerprint density at radius 2 is 1.95 bits per heavy atom. The van der Waals surface area contributed by atoms with Gasteiger partial charge in [0.15, 0.2) is 5.78 Å². The fourth-order valence-electron chi connectivity index (χ4n) is 4.69. The van der Waals surface area contributed by atoms with Crippen LogP contribution in [0, 0.1) is 0 Å². The van der Waals surface area contributed by atoms with Crippen LogP contribution < -0.4 is 10.6 Å². The summed E-state index contributed by atoms with van der Waals surface area (Å²) < 4.78 is 6.85. The minimum Gasteiger partial charge on any atom is -0.509 e. The molecule has 1 aromatic heterocycles. The van der Waals surface area contributed by atoms with Gasteiger partial charge in [-0.1, -0.05) is 11.8 Å². The molecular formula is C23H27N7O10S2. The number of nitrogens with zero attached hydrogens (tertiary/aromatic N) is 5. The van der Waals surface area contributed by atoms with Gasteiger partial charge in [0.2, 0.25) is 11.1 Å². The number of aliphatic hydroxyl groups excluding tert-OH is 1. The van der Waals surface area contributed by atoms with Crippen LogP contribution in [0.2, 0.25) is 0 Å². The normalized spacial score (nSPS) is 23.4. The predicted octanol–water partition coefficient (Wildman–Crippen LogP) is -1.07. The van der Waals surface area contributed by atoms with Crippen molar-refractivity contribution in [3.8, 4) is 0 Å². The zero-order valence-electron chi connectivity index (χ0n) is 22.4. The molecular weight excluding hydrogens is 598 g/mol. The monoisotopic (exact) mass is 625 g/mol. The number of ketones is 1. The number of aromatic nitrogens is 4. The van der Waals surface area contributed by atoms with Crippen molar-refractivity contribution in [3.63, 3.8) is 0 Å². The molecule has 1 aromatic rings. The Balaban J connectivity index is 1.36. The number of Topliss-reactive ketones (excluding diaryl/α,β-unsaturated/α-hetero) is 1. The molecule has 0 bridgehead atoms. The summed E-state index contributed by atoms with van der Waals surface area (Å²) in [7, 11) is 2.85. The van der Waals surface area contributed by atoms with E-state index in [0.29, 0.717) is 10.7 Å². The highest BCUT2D eigenvalue weighted by atomic mass is 32.2. The summed E-state index contributed by atoms with van der Waals surface area (Å²) >= 11 is 2.42. The lowest BCUT2D eigenvalue weighted by Gasteiger charge is -2.55. The fraction of sp³-hybridized carbons (Fsp3) is 0.522. The van der Waals surface area contributed by atoms with Gasteiger partial charge in [0, 0.05) is 44.9 Å². The Bertz CT molecular complexity index is 1410. The van der Waals surface area contributed by atoms with Gasteiger partial charge in [-0.25, -0.2) is 9.48 Å². The van der Waals surface area contributed by atoms with Crippen LogP contribution in [-0.2, 0) is 40.6 Å². The van der Waals surface area contributed by atoms with Crippen LogP contribution in [0.5, 0.6) is 0 Å². The molecule has 3 amide bonds. The van der Waals surface area contributed by atoms with Gasteiger partial charge in [-0.2, -0.15) is 0 Å².